The third-order valence-electron chi connectivity index (χ3n) is 3.50. The average molecular weight is 425 g/mol. The normalized spacial score (nSPS) is 10.4. The third-order valence-corrected chi connectivity index (χ3v) is 4.28. The Balaban J connectivity index is 2.12. The highest BCUT2D eigenvalue weighted by Crippen LogP contribution is 2.31. The Hall–Kier alpha value is -3.14. The molecule has 0 aromatic heterocycles. The lowest BCUT2D eigenvalue weighted by Gasteiger charge is -2.12. The molecule has 0 radical (unpaired) electrons. The van der Waals surface area contributed by atoms with E-state index in [0.29, 0.717) is 11.8 Å². The van der Waals surface area contributed by atoms with Gasteiger partial charge < -0.3 is 19.5 Å². The molecule has 0 heterocycles. The molecule has 154 valence electrons. The second-order valence-electron chi connectivity index (χ2n) is 5.44. The van der Waals surface area contributed by atoms with Crippen molar-refractivity contribution in [2.45, 2.75) is 10.7 Å². The van der Waals surface area contributed by atoms with Crippen molar-refractivity contribution in [2.24, 2.45) is 0 Å². The Labute approximate surface area is 169 Å². The monoisotopic (exact) mass is 425 g/mol. The van der Waals surface area contributed by atoms with Crippen molar-refractivity contribution < 1.29 is 37.4 Å². The first-order valence-electron chi connectivity index (χ1n) is 8.12. The summed E-state index contributed by atoms with van der Waals surface area (Å²) in [6, 6.07) is 9.96. The van der Waals surface area contributed by atoms with Crippen LogP contribution in [-0.4, -0.2) is 44.4 Å². The summed E-state index contributed by atoms with van der Waals surface area (Å²) in [5.74, 6) is -4.61. The van der Waals surface area contributed by atoms with E-state index in [1.54, 1.807) is 12.1 Å². The van der Waals surface area contributed by atoms with Crippen molar-refractivity contribution in [3.05, 3.63) is 53.6 Å². The van der Waals surface area contributed by atoms with E-state index >= 15 is 0 Å². The number of halogens is 2. The molecule has 0 spiro atoms. The smallest absolute Gasteiger partial charge is 0.338 e. The molecule has 1 amide bonds. The maximum absolute atomic E-state index is 12.6. The van der Waals surface area contributed by atoms with Crippen molar-refractivity contribution in [1.29, 1.82) is 0 Å². The fraction of sp³-hybridized carbons (Fsp3) is 0.211. The molecule has 0 saturated heterocycles. The van der Waals surface area contributed by atoms with Crippen LogP contribution >= 0.6 is 11.8 Å². The molecule has 0 unspecified atom stereocenters. The molecule has 29 heavy (non-hydrogen) atoms. The quantitative estimate of drug-likeness (QED) is 0.511. The number of nitrogens with one attached hydrogen (secondary N) is 1. The van der Waals surface area contributed by atoms with Gasteiger partial charge in [0.2, 0.25) is 0 Å². The summed E-state index contributed by atoms with van der Waals surface area (Å²) in [4.78, 5) is 35.9. The molecule has 0 aliphatic heterocycles. The maximum Gasteiger partial charge on any atom is 0.338 e. The highest BCUT2D eigenvalue weighted by molar-refractivity contribution is 7.99. The number of benzene rings is 2. The van der Waals surface area contributed by atoms with Gasteiger partial charge in [0.15, 0.2) is 6.61 Å². The number of anilines is 1. The van der Waals surface area contributed by atoms with Gasteiger partial charge in [-0.1, -0.05) is 23.9 Å². The van der Waals surface area contributed by atoms with Gasteiger partial charge in [-0.2, -0.15) is 8.78 Å². The minimum absolute atomic E-state index is 0.0319. The van der Waals surface area contributed by atoms with E-state index in [4.69, 9.17) is 4.74 Å². The summed E-state index contributed by atoms with van der Waals surface area (Å²) in [5.41, 5.74) is 0.277. The van der Waals surface area contributed by atoms with Crippen molar-refractivity contribution in [3.8, 4) is 5.75 Å². The Bertz CT molecular complexity index is 872. The van der Waals surface area contributed by atoms with E-state index in [1.807, 2.05) is 0 Å². The number of hydrogen-bond acceptors (Lipinski definition) is 7. The standard InChI is InChI=1S/C19H17F2NO6S/c1-26-17(24)11-7-12(18(25)27-2)9-13(8-11)28-10-16(23)22-14-5-3-4-6-15(14)29-19(20)21/h3-9,19H,10H2,1-2H3,(H,22,23). The van der Waals surface area contributed by atoms with E-state index < -0.39 is 30.2 Å². The third kappa shape index (κ3) is 6.46. The van der Waals surface area contributed by atoms with Gasteiger partial charge >= 0.3 is 11.9 Å². The predicted molar refractivity (Wildman–Crippen MR) is 102 cm³/mol. The number of thioether (sulfide) groups is 1. The number of esters is 2. The molecular weight excluding hydrogens is 408 g/mol. The van der Waals surface area contributed by atoms with Gasteiger partial charge in [-0.15, -0.1) is 0 Å². The molecule has 10 heteroatoms. The van der Waals surface area contributed by atoms with Gasteiger partial charge in [0.1, 0.15) is 5.75 Å². The SMILES string of the molecule is COC(=O)c1cc(OCC(=O)Nc2ccccc2SC(F)F)cc(C(=O)OC)c1. The largest absolute Gasteiger partial charge is 0.484 e. The molecule has 0 aliphatic carbocycles. The van der Waals surface area contributed by atoms with Gasteiger partial charge in [0.25, 0.3) is 11.7 Å². The fourth-order valence-electron chi connectivity index (χ4n) is 2.26. The molecule has 0 aliphatic rings. The van der Waals surface area contributed by atoms with Gasteiger partial charge in [-0.25, -0.2) is 9.59 Å². The zero-order chi connectivity index (χ0) is 21.4. The van der Waals surface area contributed by atoms with Crippen LogP contribution in [0.3, 0.4) is 0 Å². The minimum atomic E-state index is -2.64. The number of hydrogen-bond donors (Lipinski definition) is 1. The summed E-state index contributed by atoms with van der Waals surface area (Å²) >= 11 is 0.305. The molecule has 0 bridgehead atoms. The van der Waals surface area contributed by atoms with Crippen LogP contribution in [0.2, 0.25) is 0 Å². The van der Waals surface area contributed by atoms with Crippen molar-refractivity contribution in [2.75, 3.05) is 26.1 Å². The van der Waals surface area contributed by atoms with Crippen LogP contribution in [0.5, 0.6) is 5.75 Å². The number of para-hydroxylation sites is 1. The molecule has 2 aromatic rings. The van der Waals surface area contributed by atoms with Crippen LogP contribution in [0.25, 0.3) is 0 Å². The van der Waals surface area contributed by atoms with Crippen LogP contribution < -0.4 is 10.1 Å². The molecular formula is C19H17F2NO6S. The first kappa shape index (κ1) is 22.2. The predicted octanol–water partition coefficient (Wildman–Crippen LogP) is 3.59. The van der Waals surface area contributed by atoms with Crippen molar-refractivity contribution in [1.82, 2.24) is 0 Å². The fourth-order valence-corrected chi connectivity index (χ4v) is 2.85. The lowest BCUT2D eigenvalue weighted by molar-refractivity contribution is -0.118. The van der Waals surface area contributed by atoms with Crippen molar-refractivity contribution >= 4 is 35.3 Å². The maximum atomic E-state index is 12.6. The van der Waals surface area contributed by atoms with Gasteiger partial charge in [0, 0.05) is 4.90 Å². The Morgan fingerprint density at radius 1 is 1.00 bits per heavy atom. The number of rotatable bonds is 8. The van der Waals surface area contributed by atoms with Crippen LogP contribution in [0, 0.1) is 0 Å². The van der Waals surface area contributed by atoms with Crippen LogP contribution in [0.4, 0.5) is 14.5 Å². The molecule has 0 fully saturated rings. The summed E-state index contributed by atoms with van der Waals surface area (Å²) in [7, 11) is 2.35. The molecule has 7 nitrogen and oxygen atoms in total. The second-order valence-corrected chi connectivity index (χ2v) is 6.47. The van der Waals surface area contributed by atoms with Gasteiger partial charge in [0.05, 0.1) is 31.0 Å². The molecule has 2 aromatic carbocycles. The Morgan fingerprint density at radius 2 is 1.59 bits per heavy atom. The Morgan fingerprint density at radius 3 is 2.14 bits per heavy atom. The summed E-state index contributed by atoms with van der Waals surface area (Å²) in [6.07, 6.45) is 0. The topological polar surface area (TPSA) is 90.9 Å². The average Bonchev–Trinajstić information content (AvgIpc) is 2.71. The summed E-state index contributed by atoms with van der Waals surface area (Å²) < 4.78 is 39.8. The second kappa shape index (κ2) is 10.4. The van der Waals surface area contributed by atoms with Crippen LogP contribution in [-0.2, 0) is 14.3 Å². The first-order chi connectivity index (χ1) is 13.8. The number of ether oxygens (including phenoxy) is 3. The van der Waals surface area contributed by atoms with E-state index in [0.717, 1.165) is 0 Å². The number of alkyl halides is 2. The zero-order valence-electron chi connectivity index (χ0n) is 15.4. The number of amides is 1. The lowest BCUT2D eigenvalue weighted by atomic mass is 10.1. The van der Waals surface area contributed by atoms with Crippen LogP contribution in [0.15, 0.2) is 47.4 Å². The highest BCUT2D eigenvalue weighted by atomic mass is 32.2. The summed E-state index contributed by atoms with van der Waals surface area (Å²) in [6.45, 7) is -0.487. The number of methoxy groups -OCH3 is 2. The van der Waals surface area contributed by atoms with E-state index in [2.05, 4.69) is 14.8 Å². The Kier molecular flexibility index (Phi) is 7.96. The highest BCUT2D eigenvalue weighted by Gasteiger charge is 2.16. The first-order valence-corrected chi connectivity index (χ1v) is 9.00. The van der Waals surface area contributed by atoms with Crippen LogP contribution in [0.1, 0.15) is 20.7 Å². The van der Waals surface area contributed by atoms with E-state index in [-0.39, 0.29) is 27.5 Å². The zero-order valence-corrected chi connectivity index (χ0v) is 16.3. The van der Waals surface area contributed by atoms with Gasteiger partial charge in [-0.05, 0) is 30.3 Å². The molecule has 2 rings (SSSR count). The van der Waals surface area contributed by atoms with E-state index in [1.165, 1.54) is 44.6 Å². The van der Waals surface area contributed by atoms with Gasteiger partial charge in [-0.3, -0.25) is 4.79 Å². The molecule has 1 N–H and O–H groups in total. The number of carbonyl (C=O) groups is 3. The van der Waals surface area contributed by atoms with Crippen molar-refractivity contribution in [3.63, 3.8) is 0 Å². The molecule has 0 atom stereocenters. The lowest BCUT2D eigenvalue weighted by Crippen LogP contribution is -2.21. The molecule has 0 saturated carbocycles. The summed E-state index contributed by atoms with van der Waals surface area (Å²) in [5, 5.41) is 2.48. The number of carbonyl (C=O) groups excluding carboxylic acids is 3. The van der Waals surface area contributed by atoms with E-state index in [9.17, 15) is 23.2 Å². The minimum Gasteiger partial charge on any atom is -0.484 e.